The molecular formula is C4H5ClIN3. The van der Waals surface area contributed by atoms with Crippen LogP contribution in [-0.4, -0.2) is 7.99 Å². The van der Waals surface area contributed by atoms with Crippen LogP contribution in [0.5, 0.6) is 0 Å². The van der Waals surface area contributed by atoms with Crippen LogP contribution in [-0.2, 0) is 0 Å². The summed E-state index contributed by atoms with van der Waals surface area (Å²) in [6, 6.07) is 0. The minimum Gasteiger partial charge on any atom is -0.381 e. The second-order valence-corrected chi connectivity index (χ2v) is 2.94. The molecule has 1 aromatic rings. The smallest absolute Gasteiger partial charge is 0.165 e. The molecule has 0 amide bonds. The van der Waals surface area contributed by atoms with Gasteiger partial charge in [-0.2, -0.15) is 0 Å². The van der Waals surface area contributed by atoms with Crippen molar-refractivity contribution in [2.45, 2.75) is 6.92 Å². The number of nitrogens with zero attached hydrogens (tertiary/aromatic N) is 2. The van der Waals surface area contributed by atoms with Crippen LogP contribution in [0, 0.1) is 6.92 Å². The number of anilines is 1. The Morgan fingerprint density at radius 1 is 1.78 bits per heavy atom. The van der Waals surface area contributed by atoms with Gasteiger partial charge in [0.05, 0.1) is 28.6 Å². The number of aromatic nitrogens is 2. The van der Waals surface area contributed by atoms with Crippen LogP contribution in [0.25, 0.3) is 0 Å². The predicted molar refractivity (Wildman–Crippen MR) is 45.8 cm³/mol. The highest BCUT2D eigenvalue weighted by Crippen LogP contribution is 2.22. The van der Waals surface area contributed by atoms with E-state index in [-0.39, 0.29) is 0 Å². The third kappa shape index (κ3) is 1.14. The number of nitrogen functional groups attached to an aromatic ring is 1. The first-order chi connectivity index (χ1) is 4.13. The van der Waals surface area contributed by atoms with Gasteiger partial charge >= 0.3 is 0 Å². The first-order valence-electron chi connectivity index (χ1n) is 2.29. The first-order valence-corrected chi connectivity index (χ1v) is 3.64. The molecule has 0 aliphatic heterocycles. The molecule has 0 aromatic carbocycles. The van der Waals surface area contributed by atoms with Gasteiger partial charge in [-0.15, -0.1) is 5.10 Å². The Hall–Kier alpha value is 0.0300. The first kappa shape index (κ1) is 7.14. The van der Waals surface area contributed by atoms with E-state index in [1.807, 2.05) is 29.8 Å². The van der Waals surface area contributed by atoms with Crippen molar-refractivity contribution in [3.05, 3.63) is 10.7 Å². The molecule has 0 atom stereocenters. The van der Waals surface area contributed by atoms with Crippen LogP contribution >= 0.6 is 34.5 Å². The lowest BCUT2D eigenvalue weighted by molar-refractivity contribution is 1.02. The average molecular weight is 257 g/mol. The van der Waals surface area contributed by atoms with E-state index in [4.69, 9.17) is 17.3 Å². The maximum absolute atomic E-state index is 5.69. The summed E-state index contributed by atoms with van der Waals surface area (Å²) in [7, 11) is 0. The molecule has 0 aliphatic carbocycles. The van der Waals surface area contributed by atoms with Crippen LogP contribution in [0.2, 0.25) is 5.02 Å². The molecule has 9 heavy (non-hydrogen) atoms. The van der Waals surface area contributed by atoms with Crippen molar-refractivity contribution < 1.29 is 0 Å². The van der Waals surface area contributed by atoms with E-state index in [0.29, 0.717) is 10.8 Å². The van der Waals surface area contributed by atoms with Crippen molar-refractivity contribution in [1.82, 2.24) is 7.99 Å². The zero-order chi connectivity index (χ0) is 7.02. The fourth-order valence-corrected chi connectivity index (χ4v) is 1.21. The van der Waals surface area contributed by atoms with Gasteiger partial charge in [0.2, 0.25) is 0 Å². The van der Waals surface area contributed by atoms with E-state index < -0.39 is 0 Å². The summed E-state index contributed by atoms with van der Waals surface area (Å²) in [5.41, 5.74) is 6.26. The molecule has 1 rings (SSSR count). The van der Waals surface area contributed by atoms with Crippen LogP contribution in [0.4, 0.5) is 5.82 Å². The molecule has 0 radical (unpaired) electrons. The fourth-order valence-electron chi connectivity index (χ4n) is 0.480. The van der Waals surface area contributed by atoms with E-state index in [9.17, 15) is 0 Å². The summed E-state index contributed by atoms with van der Waals surface area (Å²) in [5, 5.41) is 4.41. The maximum Gasteiger partial charge on any atom is 0.165 e. The number of hydrogen-bond acceptors (Lipinski definition) is 2. The zero-order valence-corrected chi connectivity index (χ0v) is 7.64. The summed E-state index contributed by atoms with van der Waals surface area (Å²) in [6.07, 6.45) is 0. The molecule has 50 valence electrons. The second-order valence-electron chi connectivity index (χ2n) is 1.64. The summed E-state index contributed by atoms with van der Waals surface area (Å²) in [5.74, 6) is 0.392. The van der Waals surface area contributed by atoms with Crippen molar-refractivity contribution in [3.8, 4) is 0 Å². The molecule has 0 saturated heterocycles. The van der Waals surface area contributed by atoms with Crippen molar-refractivity contribution >= 4 is 40.3 Å². The molecule has 0 unspecified atom stereocenters. The molecule has 0 saturated carbocycles. The van der Waals surface area contributed by atoms with Crippen molar-refractivity contribution in [2.24, 2.45) is 0 Å². The lowest BCUT2D eigenvalue weighted by Crippen LogP contribution is -1.86. The minimum atomic E-state index is 0.392. The summed E-state index contributed by atoms with van der Waals surface area (Å²) >= 11 is 7.70. The van der Waals surface area contributed by atoms with Crippen LogP contribution in [0.15, 0.2) is 0 Å². The molecule has 0 aliphatic rings. The zero-order valence-electron chi connectivity index (χ0n) is 4.73. The molecule has 1 aromatic heterocycles. The van der Waals surface area contributed by atoms with Crippen LogP contribution in [0.1, 0.15) is 5.69 Å². The van der Waals surface area contributed by atoms with E-state index in [0.717, 1.165) is 5.69 Å². The van der Waals surface area contributed by atoms with Crippen molar-refractivity contribution in [2.75, 3.05) is 5.73 Å². The number of hydrogen-bond donors (Lipinski definition) is 1. The van der Waals surface area contributed by atoms with Crippen molar-refractivity contribution in [3.63, 3.8) is 0 Å². The van der Waals surface area contributed by atoms with Gasteiger partial charge in [0.1, 0.15) is 5.02 Å². The van der Waals surface area contributed by atoms with E-state index in [1.165, 1.54) is 0 Å². The number of halogens is 2. The van der Waals surface area contributed by atoms with Gasteiger partial charge in [0.25, 0.3) is 0 Å². The topological polar surface area (TPSA) is 43.8 Å². The highest BCUT2D eigenvalue weighted by Gasteiger charge is 2.06. The molecule has 2 N–H and O–H groups in total. The molecule has 5 heteroatoms. The Kier molecular flexibility index (Phi) is 1.85. The molecule has 1 heterocycles. The van der Waals surface area contributed by atoms with Gasteiger partial charge in [0.15, 0.2) is 5.82 Å². The Labute approximate surface area is 71.7 Å². The van der Waals surface area contributed by atoms with Gasteiger partial charge in [0, 0.05) is 0 Å². The predicted octanol–water partition coefficient (Wildman–Crippen LogP) is 1.63. The maximum atomic E-state index is 5.69. The Morgan fingerprint density at radius 3 is 2.44 bits per heavy atom. The van der Waals surface area contributed by atoms with Gasteiger partial charge < -0.3 is 5.73 Å². The second kappa shape index (κ2) is 2.34. The summed E-state index contributed by atoms with van der Waals surface area (Å²) in [4.78, 5) is 0. The Morgan fingerprint density at radius 2 is 2.33 bits per heavy atom. The van der Waals surface area contributed by atoms with Gasteiger partial charge in [-0.3, -0.25) is 0 Å². The average Bonchev–Trinajstić information content (AvgIpc) is 1.98. The minimum absolute atomic E-state index is 0.392. The quantitative estimate of drug-likeness (QED) is 0.718. The lowest BCUT2D eigenvalue weighted by Gasteiger charge is -1.85. The lowest BCUT2D eigenvalue weighted by atomic mass is 10.5. The molecule has 0 bridgehead atoms. The van der Waals surface area contributed by atoms with Crippen molar-refractivity contribution in [1.29, 1.82) is 0 Å². The standard InChI is InChI=1S/C4H5ClIN3/c1-2-3(5)4(7)8-9(2)6/h1H3,(H2,7,8). The molecule has 0 spiro atoms. The number of rotatable bonds is 0. The third-order valence-electron chi connectivity index (χ3n) is 1.01. The highest BCUT2D eigenvalue weighted by atomic mass is 127. The Balaban J connectivity index is 3.29. The molecule has 0 fully saturated rings. The highest BCUT2D eigenvalue weighted by molar-refractivity contribution is 14.1. The molecule has 3 nitrogen and oxygen atoms in total. The van der Waals surface area contributed by atoms with Crippen LogP contribution in [0.3, 0.4) is 0 Å². The van der Waals surface area contributed by atoms with E-state index >= 15 is 0 Å². The van der Waals surface area contributed by atoms with Gasteiger partial charge in [-0.05, 0) is 6.92 Å². The van der Waals surface area contributed by atoms with Gasteiger partial charge in [-0.1, -0.05) is 11.6 Å². The SMILES string of the molecule is Cc1c(Cl)c(N)nn1I. The third-order valence-corrected chi connectivity index (χ3v) is 2.42. The summed E-state index contributed by atoms with van der Waals surface area (Å²) < 4.78 is 1.62. The van der Waals surface area contributed by atoms with Crippen LogP contribution < -0.4 is 5.73 Å². The Bertz CT molecular complexity index is 209. The normalized spacial score (nSPS) is 10.1. The van der Waals surface area contributed by atoms with E-state index in [1.54, 1.807) is 2.90 Å². The monoisotopic (exact) mass is 257 g/mol. The number of nitrogens with two attached hydrogens (primary N) is 1. The van der Waals surface area contributed by atoms with E-state index in [2.05, 4.69) is 5.10 Å². The summed E-state index contributed by atoms with van der Waals surface area (Å²) in [6.45, 7) is 1.86. The largest absolute Gasteiger partial charge is 0.381 e. The molecular weight excluding hydrogens is 252 g/mol. The van der Waals surface area contributed by atoms with Gasteiger partial charge in [-0.25, -0.2) is 2.90 Å². The fraction of sp³-hybridized carbons (Fsp3) is 0.250.